The third-order valence-corrected chi connectivity index (χ3v) is 3.67. The molecule has 2 aromatic rings. The molecule has 0 saturated heterocycles. The highest BCUT2D eigenvalue weighted by Gasteiger charge is 2.11. The normalized spacial score (nSPS) is 11.8. The number of rotatable bonds is 2. The van der Waals surface area contributed by atoms with Crippen molar-refractivity contribution in [2.75, 3.05) is 12.8 Å². The lowest BCUT2D eigenvalue weighted by molar-refractivity contribution is 0.588. The fourth-order valence-corrected chi connectivity index (χ4v) is 2.17. The van der Waals surface area contributed by atoms with E-state index in [1.807, 2.05) is 0 Å². The molecule has 1 aromatic heterocycles. The van der Waals surface area contributed by atoms with Gasteiger partial charge in [0.05, 0.1) is 10.4 Å². The highest BCUT2D eigenvalue weighted by molar-refractivity contribution is 7.89. The number of nitrogens with two attached hydrogens (primary N) is 1. The first kappa shape index (κ1) is 10.8. The maximum Gasteiger partial charge on any atom is 0.240 e. The number of hydrogen-bond donors (Lipinski definition) is 2. The summed E-state index contributed by atoms with van der Waals surface area (Å²) >= 11 is 0. The van der Waals surface area contributed by atoms with E-state index in [1.54, 1.807) is 24.3 Å². The van der Waals surface area contributed by atoms with Crippen LogP contribution in [0.3, 0.4) is 0 Å². The van der Waals surface area contributed by atoms with E-state index in [0.29, 0.717) is 11.3 Å². The van der Waals surface area contributed by atoms with Crippen molar-refractivity contribution in [2.45, 2.75) is 4.90 Å². The maximum atomic E-state index is 11.6. The summed E-state index contributed by atoms with van der Waals surface area (Å²) in [6.45, 7) is 0. The molecular weight excluding hydrogens is 226 g/mol. The number of aromatic nitrogens is 1. The van der Waals surface area contributed by atoms with Gasteiger partial charge in [0.1, 0.15) is 5.82 Å². The summed E-state index contributed by atoms with van der Waals surface area (Å²) in [6.07, 6.45) is 0. The number of fused-ring (bicyclic) bond motifs is 1. The smallest absolute Gasteiger partial charge is 0.240 e. The number of benzene rings is 1. The zero-order valence-electron chi connectivity index (χ0n) is 8.64. The van der Waals surface area contributed by atoms with E-state index < -0.39 is 10.0 Å². The molecule has 0 aliphatic carbocycles. The van der Waals surface area contributed by atoms with Gasteiger partial charge in [-0.05, 0) is 37.4 Å². The van der Waals surface area contributed by atoms with Crippen LogP contribution in [0.2, 0.25) is 0 Å². The third-order valence-electron chi connectivity index (χ3n) is 2.26. The van der Waals surface area contributed by atoms with Crippen LogP contribution in [-0.2, 0) is 10.0 Å². The molecule has 1 aromatic carbocycles. The topological polar surface area (TPSA) is 85.1 Å². The van der Waals surface area contributed by atoms with Crippen molar-refractivity contribution in [3.05, 3.63) is 30.3 Å². The first-order valence-corrected chi connectivity index (χ1v) is 6.11. The Morgan fingerprint density at radius 1 is 1.25 bits per heavy atom. The van der Waals surface area contributed by atoms with Gasteiger partial charge in [-0.25, -0.2) is 18.1 Å². The summed E-state index contributed by atoms with van der Waals surface area (Å²) in [5, 5.41) is 0.741. The molecule has 84 valence electrons. The van der Waals surface area contributed by atoms with E-state index in [0.717, 1.165) is 5.39 Å². The molecule has 0 bridgehead atoms. The summed E-state index contributed by atoms with van der Waals surface area (Å²) in [4.78, 5) is 4.30. The van der Waals surface area contributed by atoms with E-state index in [-0.39, 0.29) is 4.90 Å². The second-order valence-electron chi connectivity index (χ2n) is 3.30. The molecule has 0 amide bonds. The fourth-order valence-electron chi connectivity index (χ4n) is 1.40. The SMILES string of the molecule is CNS(=O)(=O)c1ccc2nc(N)ccc2c1. The number of nitrogens with zero attached hydrogens (tertiary/aromatic N) is 1. The van der Waals surface area contributed by atoms with E-state index in [2.05, 4.69) is 9.71 Å². The van der Waals surface area contributed by atoms with Crippen LogP contribution in [0.1, 0.15) is 0 Å². The van der Waals surface area contributed by atoms with Gasteiger partial charge in [-0.15, -0.1) is 0 Å². The monoisotopic (exact) mass is 237 g/mol. The minimum Gasteiger partial charge on any atom is -0.384 e. The average molecular weight is 237 g/mol. The molecule has 0 radical (unpaired) electrons. The van der Waals surface area contributed by atoms with Crippen LogP contribution in [0.5, 0.6) is 0 Å². The second-order valence-corrected chi connectivity index (χ2v) is 5.18. The van der Waals surface area contributed by atoms with Gasteiger partial charge < -0.3 is 5.73 Å². The molecule has 2 rings (SSSR count). The zero-order chi connectivity index (χ0) is 11.8. The van der Waals surface area contributed by atoms with Crippen LogP contribution in [0.15, 0.2) is 35.2 Å². The number of pyridine rings is 1. The summed E-state index contributed by atoms with van der Waals surface area (Å²) < 4.78 is 25.4. The van der Waals surface area contributed by atoms with E-state index in [1.165, 1.54) is 13.1 Å². The average Bonchev–Trinajstić information content (AvgIpc) is 2.28. The standard InChI is InChI=1S/C10H11N3O2S/c1-12-16(14,15)8-3-4-9-7(6-8)2-5-10(11)13-9/h2-6,12H,1H3,(H2,11,13). The first-order valence-electron chi connectivity index (χ1n) is 4.63. The number of anilines is 1. The van der Waals surface area contributed by atoms with Gasteiger partial charge in [0.25, 0.3) is 0 Å². The van der Waals surface area contributed by atoms with Crippen LogP contribution >= 0.6 is 0 Å². The van der Waals surface area contributed by atoms with Gasteiger partial charge in [-0.1, -0.05) is 0 Å². The summed E-state index contributed by atoms with van der Waals surface area (Å²) in [6, 6.07) is 8.08. The van der Waals surface area contributed by atoms with Crippen LogP contribution in [0, 0.1) is 0 Å². The van der Waals surface area contributed by atoms with E-state index in [9.17, 15) is 8.42 Å². The summed E-state index contributed by atoms with van der Waals surface area (Å²) in [7, 11) is -2.03. The van der Waals surface area contributed by atoms with Crippen LogP contribution < -0.4 is 10.5 Å². The molecule has 0 saturated carbocycles. The first-order chi connectivity index (χ1) is 7.53. The van der Waals surface area contributed by atoms with Crippen LogP contribution in [0.25, 0.3) is 10.9 Å². The number of sulfonamides is 1. The van der Waals surface area contributed by atoms with Crippen molar-refractivity contribution < 1.29 is 8.42 Å². The second kappa shape index (κ2) is 3.73. The molecule has 6 heteroatoms. The lowest BCUT2D eigenvalue weighted by Crippen LogP contribution is -2.18. The Hall–Kier alpha value is -1.66. The Morgan fingerprint density at radius 2 is 2.00 bits per heavy atom. The summed E-state index contributed by atoms with van der Waals surface area (Å²) in [5.41, 5.74) is 6.21. The van der Waals surface area contributed by atoms with Gasteiger partial charge in [-0.3, -0.25) is 0 Å². The predicted molar refractivity (Wildman–Crippen MR) is 62.4 cm³/mol. The van der Waals surface area contributed by atoms with Gasteiger partial charge >= 0.3 is 0 Å². The minimum atomic E-state index is -3.41. The van der Waals surface area contributed by atoms with Crippen molar-refractivity contribution >= 4 is 26.7 Å². The Bertz CT molecular complexity index is 638. The number of nitrogens with one attached hydrogen (secondary N) is 1. The maximum absolute atomic E-state index is 11.6. The summed E-state index contributed by atoms with van der Waals surface area (Å²) in [5.74, 6) is 0.414. The molecule has 1 heterocycles. The molecular formula is C10H11N3O2S. The molecule has 0 aliphatic heterocycles. The van der Waals surface area contributed by atoms with E-state index >= 15 is 0 Å². The van der Waals surface area contributed by atoms with Crippen LogP contribution in [0.4, 0.5) is 5.82 Å². The molecule has 0 atom stereocenters. The largest absolute Gasteiger partial charge is 0.384 e. The molecule has 0 spiro atoms. The number of hydrogen-bond acceptors (Lipinski definition) is 4. The molecule has 0 fully saturated rings. The highest BCUT2D eigenvalue weighted by atomic mass is 32.2. The lowest BCUT2D eigenvalue weighted by Gasteiger charge is -2.04. The third kappa shape index (κ3) is 1.84. The van der Waals surface area contributed by atoms with Gasteiger partial charge in [-0.2, -0.15) is 0 Å². The molecule has 16 heavy (non-hydrogen) atoms. The van der Waals surface area contributed by atoms with E-state index in [4.69, 9.17) is 5.73 Å². The zero-order valence-corrected chi connectivity index (χ0v) is 9.45. The minimum absolute atomic E-state index is 0.217. The van der Waals surface area contributed by atoms with Crippen molar-refractivity contribution in [3.63, 3.8) is 0 Å². The highest BCUT2D eigenvalue weighted by Crippen LogP contribution is 2.18. The molecule has 0 unspecified atom stereocenters. The van der Waals surface area contributed by atoms with Gasteiger partial charge in [0.2, 0.25) is 10.0 Å². The molecule has 5 nitrogen and oxygen atoms in total. The molecule has 0 aliphatic rings. The van der Waals surface area contributed by atoms with Gasteiger partial charge in [0.15, 0.2) is 0 Å². The Balaban J connectivity index is 2.66. The van der Waals surface area contributed by atoms with Crippen molar-refractivity contribution in [2.24, 2.45) is 0 Å². The van der Waals surface area contributed by atoms with Crippen molar-refractivity contribution in [3.8, 4) is 0 Å². The molecule has 3 N–H and O–H groups in total. The fraction of sp³-hybridized carbons (Fsp3) is 0.100. The lowest BCUT2D eigenvalue weighted by atomic mass is 10.2. The van der Waals surface area contributed by atoms with Crippen molar-refractivity contribution in [1.29, 1.82) is 0 Å². The number of nitrogen functional groups attached to an aromatic ring is 1. The van der Waals surface area contributed by atoms with Crippen molar-refractivity contribution in [1.82, 2.24) is 9.71 Å². The van der Waals surface area contributed by atoms with Gasteiger partial charge in [0, 0.05) is 5.39 Å². The quantitative estimate of drug-likeness (QED) is 0.806. The Labute approximate surface area is 93.3 Å². The Kier molecular flexibility index (Phi) is 2.53. The Morgan fingerprint density at radius 3 is 2.69 bits per heavy atom. The predicted octanol–water partition coefficient (Wildman–Crippen LogP) is 0.725. The van der Waals surface area contributed by atoms with Crippen LogP contribution in [-0.4, -0.2) is 20.4 Å².